The Morgan fingerprint density at radius 1 is 1.08 bits per heavy atom. The first-order chi connectivity index (χ1) is 12.1. The summed E-state index contributed by atoms with van der Waals surface area (Å²) in [5, 5.41) is 6.82. The number of benzene rings is 1. The lowest BCUT2D eigenvalue weighted by atomic mass is 10.2. The summed E-state index contributed by atoms with van der Waals surface area (Å²) in [6, 6.07) is 12.0. The van der Waals surface area contributed by atoms with E-state index in [1.807, 2.05) is 12.1 Å². The van der Waals surface area contributed by atoms with Crippen LogP contribution in [0.25, 0.3) is 0 Å². The van der Waals surface area contributed by atoms with E-state index in [0.29, 0.717) is 33.7 Å². The Morgan fingerprint density at radius 3 is 2.76 bits per heavy atom. The third-order valence-corrected chi connectivity index (χ3v) is 3.96. The van der Waals surface area contributed by atoms with Gasteiger partial charge < -0.3 is 10.6 Å². The average Bonchev–Trinajstić information content (AvgIpc) is 2.64. The molecule has 0 aliphatic rings. The van der Waals surface area contributed by atoms with Crippen molar-refractivity contribution in [2.45, 2.75) is 6.54 Å². The minimum absolute atomic E-state index is 0.295. The van der Waals surface area contributed by atoms with Crippen LogP contribution in [0.4, 0.5) is 11.5 Å². The fourth-order valence-corrected chi connectivity index (χ4v) is 2.49. The van der Waals surface area contributed by atoms with Gasteiger partial charge >= 0.3 is 0 Å². The Labute approximate surface area is 155 Å². The topological polar surface area (TPSA) is 66.9 Å². The van der Waals surface area contributed by atoms with E-state index in [4.69, 9.17) is 23.2 Å². The van der Waals surface area contributed by atoms with Gasteiger partial charge in [0.1, 0.15) is 5.82 Å². The first kappa shape index (κ1) is 17.2. The molecule has 25 heavy (non-hydrogen) atoms. The second-order valence-electron chi connectivity index (χ2n) is 5.22. The fraction of sp³-hybridized carbons (Fsp3) is 0.0556. The molecule has 0 bridgehead atoms. The maximum Gasteiger partial charge on any atom is 0.255 e. The van der Waals surface area contributed by atoms with E-state index < -0.39 is 0 Å². The summed E-state index contributed by atoms with van der Waals surface area (Å²) in [5.74, 6) is 0.296. The zero-order valence-electron chi connectivity index (χ0n) is 13.0. The van der Waals surface area contributed by atoms with Gasteiger partial charge in [-0.05, 0) is 42.0 Å². The standard InChI is InChI=1S/C18H14Cl2N4O/c19-14-3-4-15(20)16(9-14)24-18(25)13-5-7-22-17(8-13)23-11-12-2-1-6-21-10-12/h1-10H,11H2,(H,22,23)(H,24,25). The number of nitrogens with one attached hydrogen (secondary N) is 2. The molecule has 0 aliphatic heterocycles. The number of amides is 1. The quantitative estimate of drug-likeness (QED) is 0.683. The van der Waals surface area contributed by atoms with Crippen molar-refractivity contribution in [3.05, 3.63) is 82.2 Å². The van der Waals surface area contributed by atoms with Crippen LogP contribution in [0.15, 0.2) is 61.1 Å². The van der Waals surface area contributed by atoms with Crippen LogP contribution in [-0.4, -0.2) is 15.9 Å². The Balaban J connectivity index is 1.70. The molecule has 0 fully saturated rings. The van der Waals surface area contributed by atoms with Gasteiger partial charge in [0.25, 0.3) is 5.91 Å². The lowest BCUT2D eigenvalue weighted by Crippen LogP contribution is -2.13. The number of pyridine rings is 2. The molecule has 0 aliphatic carbocycles. The molecule has 0 spiro atoms. The van der Waals surface area contributed by atoms with Crippen molar-refractivity contribution in [3.63, 3.8) is 0 Å². The highest BCUT2D eigenvalue weighted by Gasteiger charge is 2.10. The average molecular weight is 373 g/mol. The van der Waals surface area contributed by atoms with Crippen LogP contribution in [-0.2, 0) is 6.54 Å². The smallest absolute Gasteiger partial charge is 0.255 e. The van der Waals surface area contributed by atoms with Crippen LogP contribution in [0.3, 0.4) is 0 Å². The number of hydrogen-bond acceptors (Lipinski definition) is 4. The van der Waals surface area contributed by atoms with E-state index in [0.717, 1.165) is 5.56 Å². The number of nitrogens with zero attached hydrogens (tertiary/aromatic N) is 2. The van der Waals surface area contributed by atoms with Crippen molar-refractivity contribution in [3.8, 4) is 0 Å². The van der Waals surface area contributed by atoms with Crippen LogP contribution < -0.4 is 10.6 Å². The first-order valence-electron chi connectivity index (χ1n) is 7.47. The Kier molecular flexibility index (Phi) is 5.48. The number of halogens is 2. The van der Waals surface area contributed by atoms with Gasteiger partial charge in [-0.2, -0.15) is 0 Å². The number of hydrogen-bond donors (Lipinski definition) is 2. The molecule has 126 valence electrons. The van der Waals surface area contributed by atoms with E-state index in [-0.39, 0.29) is 5.91 Å². The number of carbonyl (C=O) groups is 1. The number of rotatable bonds is 5. The molecule has 7 heteroatoms. The summed E-state index contributed by atoms with van der Waals surface area (Å²) >= 11 is 12.0. The van der Waals surface area contributed by atoms with Gasteiger partial charge in [0.05, 0.1) is 10.7 Å². The third-order valence-electron chi connectivity index (χ3n) is 3.40. The summed E-state index contributed by atoms with van der Waals surface area (Å²) in [7, 11) is 0. The predicted octanol–water partition coefficient (Wildman–Crippen LogP) is 4.65. The molecular weight excluding hydrogens is 359 g/mol. The molecule has 0 atom stereocenters. The molecule has 2 heterocycles. The Hall–Kier alpha value is -2.63. The summed E-state index contributed by atoms with van der Waals surface area (Å²) < 4.78 is 0. The maximum absolute atomic E-state index is 12.4. The van der Waals surface area contributed by atoms with E-state index in [1.165, 1.54) is 0 Å². The van der Waals surface area contributed by atoms with Gasteiger partial charge in [0, 0.05) is 35.7 Å². The molecule has 0 saturated carbocycles. The molecule has 1 aromatic carbocycles. The molecular formula is C18H14Cl2N4O. The highest BCUT2D eigenvalue weighted by atomic mass is 35.5. The zero-order valence-corrected chi connectivity index (χ0v) is 14.6. The highest BCUT2D eigenvalue weighted by Crippen LogP contribution is 2.26. The number of aromatic nitrogens is 2. The summed E-state index contributed by atoms with van der Waals surface area (Å²) in [6.07, 6.45) is 5.05. The molecule has 0 unspecified atom stereocenters. The number of anilines is 2. The summed E-state index contributed by atoms with van der Waals surface area (Å²) in [6.45, 7) is 0.562. The van der Waals surface area contributed by atoms with Crippen molar-refractivity contribution in [2.24, 2.45) is 0 Å². The molecule has 0 radical (unpaired) electrons. The lowest BCUT2D eigenvalue weighted by molar-refractivity contribution is 0.102. The van der Waals surface area contributed by atoms with Crippen molar-refractivity contribution in [1.82, 2.24) is 9.97 Å². The van der Waals surface area contributed by atoms with Gasteiger partial charge in [-0.15, -0.1) is 0 Å². The first-order valence-corrected chi connectivity index (χ1v) is 8.22. The van der Waals surface area contributed by atoms with Crippen LogP contribution in [0.2, 0.25) is 10.0 Å². The van der Waals surface area contributed by atoms with Crippen LogP contribution >= 0.6 is 23.2 Å². The summed E-state index contributed by atoms with van der Waals surface area (Å²) in [4.78, 5) is 20.7. The lowest BCUT2D eigenvalue weighted by Gasteiger charge is -2.09. The molecule has 1 amide bonds. The monoisotopic (exact) mass is 372 g/mol. The van der Waals surface area contributed by atoms with E-state index in [2.05, 4.69) is 20.6 Å². The normalized spacial score (nSPS) is 10.3. The fourth-order valence-electron chi connectivity index (χ4n) is 2.15. The molecule has 2 aromatic heterocycles. The van der Waals surface area contributed by atoms with Gasteiger partial charge in [-0.25, -0.2) is 4.98 Å². The summed E-state index contributed by atoms with van der Waals surface area (Å²) in [5.41, 5.74) is 1.94. The second kappa shape index (κ2) is 7.96. The van der Waals surface area contributed by atoms with Crippen LogP contribution in [0.5, 0.6) is 0 Å². The zero-order chi connectivity index (χ0) is 17.6. The molecule has 3 aromatic rings. The van der Waals surface area contributed by atoms with E-state index in [9.17, 15) is 4.79 Å². The molecule has 5 nitrogen and oxygen atoms in total. The Bertz CT molecular complexity index is 887. The SMILES string of the molecule is O=C(Nc1cc(Cl)ccc1Cl)c1ccnc(NCc2cccnc2)c1. The van der Waals surface area contributed by atoms with Crippen LogP contribution in [0.1, 0.15) is 15.9 Å². The minimum atomic E-state index is -0.295. The largest absolute Gasteiger partial charge is 0.366 e. The highest BCUT2D eigenvalue weighted by molar-refractivity contribution is 6.35. The predicted molar refractivity (Wildman–Crippen MR) is 100 cm³/mol. The second-order valence-corrected chi connectivity index (χ2v) is 6.07. The van der Waals surface area contributed by atoms with Crippen molar-refractivity contribution in [2.75, 3.05) is 10.6 Å². The van der Waals surface area contributed by atoms with Gasteiger partial charge in [0.2, 0.25) is 0 Å². The maximum atomic E-state index is 12.4. The number of carbonyl (C=O) groups excluding carboxylic acids is 1. The molecule has 2 N–H and O–H groups in total. The van der Waals surface area contributed by atoms with Crippen LogP contribution in [0, 0.1) is 0 Å². The molecule has 0 saturated heterocycles. The van der Waals surface area contributed by atoms with Crippen molar-refractivity contribution in [1.29, 1.82) is 0 Å². The minimum Gasteiger partial charge on any atom is -0.366 e. The van der Waals surface area contributed by atoms with Gasteiger partial charge in [0.15, 0.2) is 0 Å². The van der Waals surface area contributed by atoms with Crippen molar-refractivity contribution < 1.29 is 4.79 Å². The van der Waals surface area contributed by atoms with Crippen molar-refractivity contribution >= 4 is 40.6 Å². The Morgan fingerprint density at radius 2 is 1.96 bits per heavy atom. The van der Waals surface area contributed by atoms with Gasteiger partial charge in [-0.3, -0.25) is 9.78 Å². The van der Waals surface area contributed by atoms with E-state index in [1.54, 1.807) is 48.9 Å². The molecule has 3 rings (SSSR count). The van der Waals surface area contributed by atoms with Gasteiger partial charge in [-0.1, -0.05) is 29.3 Å². The van der Waals surface area contributed by atoms with E-state index >= 15 is 0 Å². The third kappa shape index (κ3) is 4.68.